The summed E-state index contributed by atoms with van der Waals surface area (Å²) in [5.41, 5.74) is 1.51. The van der Waals surface area contributed by atoms with Crippen LogP contribution in [0.15, 0.2) is 18.2 Å². The number of amides is 1. The van der Waals surface area contributed by atoms with E-state index in [-0.39, 0.29) is 5.91 Å². The zero-order chi connectivity index (χ0) is 14.4. The van der Waals surface area contributed by atoms with Crippen LogP contribution < -0.4 is 10.6 Å². The van der Waals surface area contributed by atoms with Gasteiger partial charge in [0.2, 0.25) is 0 Å². The molecule has 1 aliphatic rings. The van der Waals surface area contributed by atoms with Crippen molar-refractivity contribution in [2.45, 2.75) is 51.5 Å². The SMILES string of the molecule is CCCNc1ccc(Cl)cc1C(=O)NC1CCCCC1. The molecule has 3 nitrogen and oxygen atoms in total. The lowest BCUT2D eigenvalue weighted by Gasteiger charge is -2.23. The molecule has 1 aliphatic carbocycles. The lowest BCUT2D eigenvalue weighted by Crippen LogP contribution is -2.36. The van der Waals surface area contributed by atoms with Crippen molar-refractivity contribution in [3.05, 3.63) is 28.8 Å². The average molecular weight is 295 g/mol. The Morgan fingerprint density at radius 3 is 2.75 bits per heavy atom. The van der Waals surface area contributed by atoms with E-state index in [4.69, 9.17) is 11.6 Å². The quantitative estimate of drug-likeness (QED) is 0.853. The Kier molecular flexibility index (Phi) is 5.72. The number of hydrogen-bond donors (Lipinski definition) is 2. The standard InChI is InChI=1S/C16H23ClN2O/c1-2-10-18-15-9-8-12(17)11-14(15)16(20)19-13-6-4-3-5-7-13/h8-9,11,13,18H,2-7,10H2,1H3,(H,19,20). The van der Waals surface area contributed by atoms with Crippen LogP contribution in [0.4, 0.5) is 5.69 Å². The maximum atomic E-state index is 12.4. The minimum absolute atomic E-state index is 0.0157. The maximum absolute atomic E-state index is 12.4. The second kappa shape index (κ2) is 7.53. The summed E-state index contributed by atoms with van der Waals surface area (Å²) >= 11 is 6.03. The predicted octanol–water partition coefficient (Wildman–Crippen LogP) is 4.22. The van der Waals surface area contributed by atoms with Gasteiger partial charge in [-0.1, -0.05) is 37.8 Å². The zero-order valence-electron chi connectivity index (χ0n) is 12.0. The van der Waals surface area contributed by atoms with Crippen LogP contribution in [-0.4, -0.2) is 18.5 Å². The summed E-state index contributed by atoms with van der Waals surface area (Å²) in [6, 6.07) is 5.76. The third-order valence-corrected chi connectivity index (χ3v) is 3.97. The lowest BCUT2D eigenvalue weighted by atomic mass is 9.95. The number of rotatable bonds is 5. The van der Waals surface area contributed by atoms with Crippen LogP contribution in [-0.2, 0) is 0 Å². The van der Waals surface area contributed by atoms with Crippen LogP contribution in [0.2, 0.25) is 5.02 Å². The number of carbonyl (C=O) groups is 1. The normalized spacial score (nSPS) is 15.9. The summed E-state index contributed by atoms with van der Waals surface area (Å²) in [5, 5.41) is 7.03. The maximum Gasteiger partial charge on any atom is 0.253 e. The van der Waals surface area contributed by atoms with Crippen molar-refractivity contribution in [3.8, 4) is 0 Å². The first-order valence-electron chi connectivity index (χ1n) is 7.55. The fourth-order valence-electron chi connectivity index (χ4n) is 2.63. The Bertz CT molecular complexity index is 456. The Balaban J connectivity index is 2.08. The molecule has 0 atom stereocenters. The molecular formula is C16H23ClN2O. The molecule has 0 saturated heterocycles. The Morgan fingerprint density at radius 1 is 1.30 bits per heavy atom. The van der Waals surface area contributed by atoms with Gasteiger partial charge < -0.3 is 10.6 Å². The number of hydrogen-bond acceptors (Lipinski definition) is 2. The third kappa shape index (κ3) is 4.14. The van der Waals surface area contributed by atoms with Gasteiger partial charge in [-0.15, -0.1) is 0 Å². The molecule has 0 unspecified atom stereocenters. The second-order valence-corrected chi connectivity index (χ2v) is 5.86. The van der Waals surface area contributed by atoms with Crippen molar-refractivity contribution in [1.82, 2.24) is 5.32 Å². The van der Waals surface area contributed by atoms with E-state index < -0.39 is 0 Å². The topological polar surface area (TPSA) is 41.1 Å². The minimum Gasteiger partial charge on any atom is -0.384 e. The van der Waals surface area contributed by atoms with Gasteiger partial charge in [0.25, 0.3) is 5.91 Å². The largest absolute Gasteiger partial charge is 0.384 e. The van der Waals surface area contributed by atoms with E-state index in [9.17, 15) is 4.79 Å². The molecule has 1 aromatic carbocycles. The van der Waals surface area contributed by atoms with Crippen LogP contribution in [0.3, 0.4) is 0 Å². The van der Waals surface area contributed by atoms with Gasteiger partial charge in [-0.25, -0.2) is 0 Å². The van der Waals surface area contributed by atoms with E-state index in [0.29, 0.717) is 16.6 Å². The summed E-state index contributed by atoms with van der Waals surface area (Å²) < 4.78 is 0. The predicted molar refractivity (Wildman–Crippen MR) is 84.6 cm³/mol. The van der Waals surface area contributed by atoms with E-state index in [1.807, 2.05) is 12.1 Å². The first-order chi connectivity index (χ1) is 9.70. The number of benzene rings is 1. The molecule has 2 N–H and O–H groups in total. The van der Waals surface area contributed by atoms with Gasteiger partial charge in [-0.3, -0.25) is 4.79 Å². The van der Waals surface area contributed by atoms with Crippen LogP contribution in [0, 0.1) is 0 Å². The molecule has 0 radical (unpaired) electrons. The fraction of sp³-hybridized carbons (Fsp3) is 0.562. The number of nitrogens with one attached hydrogen (secondary N) is 2. The van der Waals surface area contributed by atoms with Gasteiger partial charge in [0, 0.05) is 23.3 Å². The van der Waals surface area contributed by atoms with Gasteiger partial charge >= 0.3 is 0 Å². The molecule has 1 fully saturated rings. The molecule has 0 spiro atoms. The molecule has 1 aromatic rings. The lowest BCUT2D eigenvalue weighted by molar-refractivity contribution is 0.0928. The smallest absolute Gasteiger partial charge is 0.253 e. The summed E-state index contributed by atoms with van der Waals surface area (Å²) in [4.78, 5) is 12.4. The Hall–Kier alpha value is -1.22. The van der Waals surface area contributed by atoms with Gasteiger partial charge in [0.05, 0.1) is 5.56 Å². The molecule has 0 bridgehead atoms. The highest BCUT2D eigenvalue weighted by Crippen LogP contribution is 2.22. The fourth-order valence-corrected chi connectivity index (χ4v) is 2.80. The van der Waals surface area contributed by atoms with Crippen LogP contribution in [0.5, 0.6) is 0 Å². The Labute approximate surface area is 126 Å². The van der Waals surface area contributed by atoms with Gasteiger partial charge in [-0.05, 0) is 37.5 Å². The molecule has 2 rings (SSSR count). The van der Waals surface area contributed by atoms with E-state index in [1.165, 1.54) is 19.3 Å². The molecular weight excluding hydrogens is 272 g/mol. The molecule has 4 heteroatoms. The van der Waals surface area contributed by atoms with Crippen molar-refractivity contribution >= 4 is 23.2 Å². The molecule has 1 saturated carbocycles. The number of halogens is 1. The molecule has 110 valence electrons. The van der Waals surface area contributed by atoms with E-state index in [1.54, 1.807) is 6.07 Å². The van der Waals surface area contributed by atoms with E-state index in [2.05, 4.69) is 17.6 Å². The van der Waals surface area contributed by atoms with Crippen molar-refractivity contribution in [2.24, 2.45) is 0 Å². The number of carbonyl (C=O) groups excluding carboxylic acids is 1. The van der Waals surface area contributed by atoms with Crippen molar-refractivity contribution in [3.63, 3.8) is 0 Å². The Morgan fingerprint density at radius 2 is 2.05 bits per heavy atom. The monoisotopic (exact) mass is 294 g/mol. The van der Waals surface area contributed by atoms with Gasteiger partial charge in [-0.2, -0.15) is 0 Å². The highest BCUT2D eigenvalue weighted by Gasteiger charge is 2.18. The van der Waals surface area contributed by atoms with Crippen LogP contribution >= 0.6 is 11.6 Å². The molecule has 0 aliphatic heterocycles. The van der Waals surface area contributed by atoms with E-state index >= 15 is 0 Å². The molecule has 20 heavy (non-hydrogen) atoms. The molecule has 1 amide bonds. The second-order valence-electron chi connectivity index (χ2n) is 5.43. The van der Waals surface area contributed by atoms with Crippen molar-refractivity contribution in [1.29, 1.82) is 0 Å². The van der Waals surface area contributed by atoms with Gasteiger partial charge in [0.15, 0.2) is 0 Å². The van der Waals surface area contributed by atoms with E-state index in [0.717, 1.165) is 31.5 Å². The first kappa shape index (κ1) is 15.2. The third-order valence-electron chi connectivity index (χ3n) is 3.73. The summed E-state index contributed by atoms with van der Waals surface area (Å²) in [5.74, 6) is -0.0157. The summed E-state index contributed by atoms with van der Waals surface area (Å²) in [6.45, 7) is 2.95. The zero-order valence-corrected chi connectivity index (χ0v) is 12.8. The van der Waals surface area contributed by atoms with Crippen LogP contribution in [0.25, 0.3) is 0 Å². The van der Waals surface area contributed by atoms with Gasteiger partial charge in [0.1, 0.15) is 0 Å². The van der Waals surface area contributed by atoms with Crippen molar-refractivity contribution in [2.75, 3.05) is 11.9 Å². The number of anilines is 1. The minimum atomic E-state index is -0.0157. The highest BCUT2D eigenvalue weighted by molar-refractivity contribution is 6.31. The average Bonchev–Trinajstić information content (AvgIpc) is 2.47. The first-order valence-corrected chi connectivity index (χ1v) is 7.92. The van der Waals surface area contributed by atoms with Crippen LogP contribution in [0.1, 0.15) is 55.8 Å². The van der Waals surface area contributed by atoms with Crippen molar-refractivity contribution < 1.29 is 4.79 Å². The molecule has 0 heterocycles. The molecule has 0 aromatic heterocycles. The highest BCUT2D eigenvalue weighted by atomic mass is 35.5. The summed E-state index contributed by atoms with van der Waals surface area (Å²) in [7, 11) is 0. The summed E-state index contributed by atoms with van der Waals surface area (Å²) in [6.07, 6.45) is 6.90.